The van der Waals surface area contributed by atoms with E-state index in [4.69, 9.17) is 48.1 Å². The third-order valence-corrected chi connectivity index (χ3v) is 8.05. The van der Waals surface area contributed by atoms with Gasteiger partial charge in [0.25, 0.3) is 0 Å². The Bertz CT molecular complexity index is 1120. The van der Waals surface area contributed by atoms with Gasteiger partial charge in [-0.15, -0.1) is 0 Å². The zero-order valence-electron chi connectivity index (χ0n) is 38.8. The summed E-state index contributed by atoms with van der Waals surface area (Å²) in [5, 5.41) is 35.4. The van der Waals surface area contributed by atoms with Crippen molar-refractivity contribution in [1.29, 1.82) is 0 Å². The van der Waals surface area contributed by atoms with E-state index < -0.39 is 29.4 Å². The number of nitrogens with one attached hydrogen (secondary N) is 3. The Morgan fingerprint density at radius 2 is 0.810 bits per heavy atom. The van der Waals surface area contributed by atoms with Crippen LogP contribution >= 0.6 is 0 Å². The number of Topliss-reactive ketones (excluding diaryl/α,β-unsaturated/α-hetero) is 1. The molecule has 0 saturated heterocycles. The van der Waals surface area contributed by atoms with E-state index in [0.29, 0.717) is 85.1 Å². The van der Waals surface area contributed by atoms with Gasteiger partial charge < -0.3 is 69.2 Å². The van der Waals surface area contributed by atoms with Gasteiger partial charge in [-0.2, -0.15) is 0 Å². The number of carboxylic acids is 1. The van der Waals surface area contributed by atoms with E-state index in [1.165, 1.54) is 0 Å². The average Bonchev–Trinajstić information content (AvgIpc) is 3.18. The van der Waals surface area contributed by atoms with E-state index in [1.54, 1.807) is 46.4 Å². The molecule has 0 aromatic heterocycles. The van der Waals surface area contributed by atoms with Crippen molar-refractivity contribution in [2.45, 2.75) is 65.6 Å². The minimum atomic E-state index is -0.990. The second-order valence-electron chi connectivity index (χ2n) is 16.2. The fraction of sp³-hybridized carbons (Fsp3) is 0.878. The van der Waals surface area contributed by atoms with Crippen molar-refractivity contribution in [3.63, 3.8) is 0 Å². The number of amides is 3. The highest BCUT2D eigenvalue weighted by molar-refractivity contribution is 5.80. The van der Waals surface area contributed by atoms with Crippen LogP contribution in [0.5, 0.6) is 0 Å². The Morgan fingerprint density at radius 3 is 1.19 bits per heavy atom. The summed E-state index contributed by atoms with van der Waals surface area (Å²) in [5.74, 6) is -1.20. The SMILES string of the molecule is CC(C)(C)OC(=O)NCCOCCN(CCOCCO)CC(=O)CCCOCCN(CCOCCNC(=O)CN(CCOCCO)CCOCCNC(=O)OC(C)(C)C)CC(=O)O. The van der Waals surface area contributed by atoms with Crippen LogP contribution in [-0.4, -0.2) is 242 Å². The van der Waals surface area contributed by atoms with Crippen molar-refractivity contribution in [1.82, 2.24) is 30.7 Å². The number of aliphatic carboxylic acids is 1. The second kappa shape index (κ2) is 38.0. The second-order valence-corrected chi connectivity index (χ2v) is 16.2. The minimum absolute atomic E-state index is 0.0159. The molecule has 0 heterocycles. The molecule has 6 N–H and O–H groups in total. The standard InChI is InChI=1S/C41H80N6O16/c1-40(2,3)62-38(54)43-10-22-58-25-12-45(13-28-60-30-18-48)32-35(50)8-7-20-56-24-16-47(34-37(52)53)17-27-57-21-9-42-36(51)33-46(15-29-61-31-19-49)14-26-59-23-11-44-39(55)63-41(4,5)6/h48-49H,7-34H2,1-6H3,(H,42,51)(H,43,54)(H,44,55)(H,52,53). The van der Waals surface area contributed by atoms with Crippen LogP contribution in [0.1, 0.15) is 54.4 Å². The van der Waals surface area contributed by atoms with Crippen LogP contribution in [-0.2, 0) is 52.3 Å². The number of aliphatic hydroxyl groups is 2. The van der Waals surface area contributed by atoms with Gasteiger partial charge in [0.1, 0.15) is 17.0 Å². The van der Waals surface area contributed by atoms with E-state index in [-0.39, 0.29) is 110 Å². The van der Waals surface area contributed by atoms with Crippen molar-refractivity contribution in [2.75, 3.05) is 171 Å². The summed E-state index contributed by atoms with van der Waals surface area (Å²) in [6.07, 6.45) is -0.265. The summed E-state index contributed by atoms with van der Waals surface area (Å²) >= 11 is 0. The molecule has 63 heavy (non-hydrogen) atoms. The molecule has 0 rings (SSSR count). The lowest BCUT2D eigenvalue weighted by Crippen LogP contribution is -2.41. The van der Waals surface area contributed by atoms with Crippen LogP contribution in [0.15, 0.2) is 0 Å². The van der Waals surface area contributed by atoms with Crippen LogP contribution < -0.4 is 16.0 Å². The van der Waals surface area contributed by atoms with Gasteiger partial charge in [-0.05, 0) is 48.0 Å². The highest BCUT2D eigenvalue weighted by Gasteiger charge is 2.18. The van der Waals surface area contributed by atoms with Crippen LogP contribution in [0, 0.1) is 0 Å². The third-order valence-electron chi connectivity index (χ3n) is 8.05. The molecule has 0 aromatic rings. The average molecular weight is 913 g/mol. The lowest BCUT2D eigenvalue weighted by molar-refractivity contribution is -0.138. The maximum Gasteiger partial charge on any atom is 0.407 e. The van der Waals surface area contributed by atoms with Crippen molar-refractivity contribution in [3.05, 3.63) is 0 Å². The van der Waals surface area contributed by atoms with Gasteiger partial charge >= 0.3 is 18.2 Å². The summed E-state index contributed by atoms with van der Waals surface area (Å²) in [5.41, 5.74) is -1.19. The Balaban J connectivity index is 4.45. The quantitative estimate of drug-likeness (QED) is 0.0425. The third kappa shape index (κ3) is 42.4. The van der Waals surface area contributed by atoms with E-state index in [9.17, 15) is 29.1 Å². The fourth-order valence-corrected chi connectivity index (χ4v) is 5.20. The van der Waals surface area contributed by atoms with Gasteiger partial charge in [0, 0.05) is 71.9 Å². The highest BCUT2D eigenvalue weighted by atomic mass is 16.6. The molecule has 0 aliphatic heterocycles. The smallest absolute Gasteiger partial charge is 0.407 e. The first-order chi connectivity index (χ1) is 29.9. The van der Waals surface area contributed by atoms with Gasteiger partial charge in [0.15, 0.2) is 0 Å². The number of carbonyl (C=O) groups is 5. The summed E-state index contributed by atoms with van der Waals surface area (Å²) in [4.78, 5) is 65.8. The van der Waals surface area contributed by atoms with E-state index >= 15 is 0 Å². The summed E-state index contributed by atoms with van der Waals surface area (Å²) in [6.45, 7) is 17.1. The molecule has 0 unspecified atom stereocenters. The van der Waals surface area contributed by atoms with Gasteiger partial charge in [0.2, 0.25) is 5.91 Å². The number of nitrogens with zero attached hydrogens (tertiary/aromatic N) is 3. The first-order valence-electron chi connectivity index (χ1n) is 21.7. The molecule has 0 aliphatic carbocycles. The Labute approximate surface area is 373 Å². The van der Waals surface area contributed by atoms with Crippen molar-refractivity contribution < 1.29 is 77.2 Å². The molecule has 0 spiro atoms. The van der Waals surface area contributed by atoms with Crippen LogP contribution in [0.2, 0.25) is 0 Å². The molecule has 0 radical (unpaired) electrons. The largest absolute Gasteiger partial charge is 0.480 e. The number of hydrogen-bond donors (Lipinski definition) is 6. The number of ketones is 1. The molecule has 3 amide bonds. The molecule has 0 fully saturated rings. The lowest BCUT2D eigenvalue weighted by Gasteiger charge is -2.22. The monoisotopic (exact) mass is 913 g/mol. The number of carbonyl (C=O) groups excluding carboxylic acids is 4. The molecule has 370 valence electrons. The van der Waals surface area contributed by atoms with E-state index in [0.717, 1.165) is 0 Å². The number of carboxylic acid groups (broad SMARTS) is 1. The molecular formula is C41H80N6O16. The Kier molecular flexibility index (Phi) is 36.0. The van der Waals surface area contributed by atoms with Gasteiger partial charge in [-0.3, -0.25) is 29.1 Å². The topological polar surface area (TPSA) is 266 Å². The Hall–Kier alpha value is -3.29. The molecule has 22 nitrogen and oxygen atoms in total. The molecule has 0 bridgehead atoms. The van der Waals surface area contributed by atoms with Crippen molar-refractivity contribution in [2.24, 2.45) is 0 Å². The van der Waals surface area contributed by atoms with E-state index in [2.05, 4.69) is 16.0 Å². The molecule has 0 aliphatic rings. The molecule has 0 atom stereocenters. The van der Waals surface area contributed by atoms with Crippen LogP contribution in [0.4, 0.5) is 9.59 Å². The van der Waals surface area contributed by atoms with Crippen LogP contribution in [0.3, 0.4) is 0 Å². The van der Waals surface area contributed by atoms with E-state index in [1.807, 2.05) is 9.80 Å². The maximum absolute atomic E-state index is 12.8. The number of alkyl carbamates (subject to hydrolysis) is 2. The predicted octanol–water partition coefficient (Wildman–Crippen LogP) is -0.424. The number of hydrogen-bond acceptors (Lipinski definition) is 18. The fourth-order valence-electron chi connectivity index (χ4n) is 5.20. The van der Waals surface area contributed by atoms with Gasteiger partial charge in [-0.25, -0.2) is 9.59 Å². The van der Waals surface area contributed by atoms with Crippen LogP contribution in [0.25, 0.3) is 0 Å². The predicted molar refractivity (Wildman–Crippen MR) is 232 cm³/mol. The normalized spacial score (nSPS) is 11.9. The minimum Gasteiger partial charge on any atom is -0.480 e. The number of aliphatic hydroxyl groups excluding tert-OH is 2. The lowest BCUT2D eigenvalue weighted by atomic mass is 10.2. The molecule has 0 saturated carbocycles. The van der Waals surface area contributed by atoms with Crippen molar-refractivity contribution >= 4 is 29.8 Å². The highest BCUT2D eigenvalue weighted by Crippen LogP contribution is 2.07. The first-order valence-corrected chi connectivity index (χ1v) is 21.7. The summed E-state index contributed by atoms with van der Waals surface area (Å²) in [7, 11) is 0. The number of ether oxygens (including phenoxy) is 8. The molecule has 0 aromatic carbocycles. The zero-order chi connectivity index (χ0) is 47.2. The molecule has 22 heteroatoms. The first kappa shape index (κ1) is 59.7. The zero-order valence-corrected chi connectivity index (χ0v) is 38.8. The number of rotatable bonds is 41. The van der Waals surface area contributed by atoms with Gasteiger partial charge in [-0.1, -0.05) is 0 Å². The Morgan fingerprint density at radius 1 is 0.460 bits per heavy atom. The van der Waals surface area contributed by atoms with Crippen molar-refractivity contribution in [3.8, 4) is 0 Å². The molecular weight excluding hydrogens is 832 g/mol. The summed E-state index contributed by atoms with van der Waals surface area (Å²) in [6, 6.07) is 0. The summed E-state index contributed by atoms with van der Waals surface area (Å²) < 4.78 is 43.7. The maximum atomic E-state index is 12.8. The van der Waals surface area contributed by atoms with Gasteiger partial charge in [0.05, 0.1) is 106 Å².